The molecule has 0 spiro atoms. The van der Waals surface area contributed by atoms with E-state index in [9.17, 15) is 18.0 Å². The number of carbonyl (C=O) groups excluding carboxylic acids is 1. The van der Waals surface area contributed by atoms with Crippen molar-refractivity contribution in [3.63, 3.8) is 0 Å². The second kappa shape index (κ2) is 4.76. The summed E-state index contributed by atoms with van der Waals surface area (Å²) in [6.45, 7) is 1.86. The number of hydrogen-bond donors (Lipinski definition) is 0. The Bertz CT molecular complexity index is 696. The van der Waals surface area contributed by atoms with Crippen LogP contribution in [0.25, 0.3) is 5.69 Å². The molecule has 1 aliphatic rings. The number of nitrogens with zero attached hydrogens (tertiary/aromatic N) is 1. The first-order valence-electron chi connectivity index (χ1n) is 6.80. The molecule has 2 aromatic rings. The number of aryl methyl sites for hydroxylation is 1. The van der Waals surface area contributed by atoms with Crippen LogP contribution in [-0.4, -0.2) is 10.4 Å². The van der Waals surface area contributed by atoms with E-state index in [0.29, 0.717) is 17.7 Å². The van der Waals surface area contributed by atoms with Gasteiger partial charge < -0.3 is 4.57 Å². The Balaban J connectivity index is 2.07. The van der Waals surface area contributed by atoms with Gasteiger partial charge in [-0.3, -0.25) is 4.79 Å². The zero-order valence-corrected chi connectivity index (χ0v) is 11.5. The average Bonchev–Trinajstić information content (AvgIpc) is 2.76. The van der Waals surface area contributed by atoms with Crippen molar-refractivity contribution in [1.82, 2.24) is 4.57 Å². The number of fused-ring (bicyclic) bond motifs is 1. The molecule has 3 rings (SSSR count). The average molecular weight is 293 g/mol. The molecule has 0 fully saturated rings. The summed E-state index contributed by atoms with van der Waals surface area (Å²) in [5.74, 6) is 0.116. The Hall–Kier alpha value is -2.04. The van der Waals surface area contributed by atoms with E-state index < -0.39 is 11.7 Å². The van der Waals surface area contributed by atoms with Crippen molar-refractivity contribution < 1.29 is 18.0 Å². The molecular weight excluding hydrogens is 279 g/mol. The number of carbonyl (C=O) groups is 1. The molecule has 1 aromatic heterocycles. The topological polar surface area (TPSA) is 22.0 Å². The van der Waals surface area contributed by atoms with Crippen LogP contribution in [0.3, 0.4) is 0 Å². The number of hydrogen-bond acceptors (Lipinski definition) is 1. The van der Waals surface area contributed by atoms with Crippen LogP contribution in [0.1, 0.15) is 40.2 Å². The van der Waals surface area contributed by atoms with Crippen LogP contribution in [0, 0.1) is 6.92 Å². The highest BCUT2D eigenvalue weighted by molar-refractivity contribution is 5.98. The first-order chi connectivity index (χ1) is 9.88. The number of benzene rings is 1. The number of alkyl halides is 3. The van der Waals surface area contributed by atoms with Crippen LogP contribution < -0.4 is 0 Å². The summed E-state index contributed by atoms with van der Waals surface area (Å²) in [6, 6.07) is 6.89. The molecule has 0 unspecified atom stereocenters. The highest BCUT2D eigenvalue weighted by Gasteiger charge is 2.30. The van der Waals surface area contributed by atoms with E-state index in [-0.39, 0.29) is 5.78 Å². The summed E-state index contributed by atoms with van der Waals surface area (Å²) in [4.78, 5) is 11.9. The van der Waals surface area contributed by atoms with Gasteiger partial charge in [-0.25, -0.2) is 0 Å². The Morgan fingerprint density at radius 3 is 2.38 bits per heavy atom. The fourth-order valence-corrected chi connectivity index (χ4v) is 2.89. The van der Waals surface area contributed by atoms with E-state index in [0.717, 1.165) is 36.4 Å². The van der Waals surface area contributed by atoms with Gasteiger partial charge in [0.25, 0.3) is 0 Å². The van der Waals surface area contributed by atoms with Gasteiger partial charge >= 0.3 is 6.18 Å². The molecule has 0 N–H and O–H groups in total. The maximum absolute atomic E-state index is 12.6. The SMILES string of the molecule is Cc1cc2c(n1-c1ccc(C(F)(F)F)cc1)CCCC2=O. The largest absolute Gasteiger partial charge is 0.416 e. The highest BCUT2D eigenvalue weighted by atomic mass is 19.4. The fraction of sp³-hybridized carbons (Fsp3) is 0.312. The van der Waals surface area contributed by atoms with Crippen LogP contribution in [0.15, 0.2) is 30.3 Å². The van der Waals surface area contributed by atoms with Gasteiger partial charge in [0.2, 0.25) is 0 Å². The van der Waals surface area contributed by atoms with Gasteiger partial charge in [0, 0.05) is 29.1 Å². The first kappa shape index (κ1) is 13.9. The third-order valence-electron chi connectivity index (χ3n) is 3.86. The van der Waals surface area contributed by atoms with Gasteiger partial charge in [-0.05, 0) is 50.1 Å². The lowest BCUT2D eigenvalue weighted by Gasteiger charge is -2.16. The lowest BCUT2D eigenvalue weighted by Crippen LogP contribution is -2.13. The molecule has 1 aromatic carbocycles. The minimum absolute atomic E-state index is 0.116. The van der Waals surface area contributed by atoms with E-state index in [1.165, 1.54) is 12.1 Å². The van der Waals surface area contributed by atoms with Crippen molar-refractivity contribution in [2.45, 2.75) is 32.4 Å². The van der Waals surface area contributed by atoms with E-state index in [2.05, 4.69) is 0 Å². The summed E-state index contributed by atoms with van der Waals surface area (Å²) in [7, 11) is 0. The lowest BCUT2D eigenvalue weighted by molar-refractivity contribution is -0.137. The molecule has 0 radical (unpaired) electrons. The molecular formula is C16H14F3NO. The van der Waals surface area contributed by atoms with Crippen molar-refractivity contribution in [2.75, 3.05) is 0 Å². The van der Waals surface area contributed by atoms with Crippen molar-refractivity contribution in [3.05, 3.63) is 52.8 Å². The number of Topliss-reactive ketones (excluding diaryl/α,β-unsaturated/α-hetero) is 1. The van der Waals surface area contributed by atoms with E-state index in [4.69, 9.17) is 0 Å². The fourth-order valence-electron chi connectivity index (χ4n) is 2.89. The molecule has 0 saturated carbocycles. The van der Waals surface area contributed by atoms with Gasteiger partial charge in [-0.1, -0.05) is 0 Å². The Labute approximate surface area is 120 Å². The van der Waals surface area contributed by atoms with Gasteiger partial charge in [0.15, 0.2) is 5.78 Å². The molecule has 0 atom stereocenters. The minimum atomic E-state index is -4.33. The molecule has 21 heavy (non-hydrogen) atoms. The van der Waals surface area contributed by atoms with Gasteiger partial charge in [0.1, 0.15) is 0 Å². The van der Waals surface area contributed by atoms with Crippen molar-refractivity contribution in [2.24, 2.45) is 0 Å². The third kappa shape index (κ3) is 2.37. The molecule has 110 valence electrons. The van der Waals surface area contributed by atoms with E-state index in [1.807, 2.05) is 17.6 Å². The van der Waals surface area contributed by atoms with Crippen molar-refractivity contribution >= 4 is 5.78 Å². The van der Waals surface area contributed by atoms with Gasteiger partial charge in [-0.2, -0.15) is 13.2 Å². The number of aromatic nitrogens is 1. The quantitative estimate of drug-likeness (QED) is 0.767. The smallest absolute Gasteiger partial charge is 0.317 e. The second-order valence-corrected chi connectivity index (χ2v) is 5.30. The minimum Gasteiger partial charge on any atom is -0.317 e. The highest BCUT2D eigenvalue weighted by Crippen LogP contribution is 2.32. The van der Waals surface area contributed by atoms with E-state index in [1.54, 1.807) is 0 Å². The summed E-state index contributed by atoms with van der Waals surface area (Å²) >= 11 is 0. The lowest BCUT2D eigenvalue weighted by atomic mass is 9.96. The summed E-state index contributed by atoms with van der Waals surface area (Å²) in [5.41, 5.74) is 2.48. The summed E-state index contributed by atoms with van der Waals surface area (Å²) in [5, 5.41) is 0. The second-order valence-electron chi connectivity index (χ2n) is 5.30. The van der Waals surface area contributed by atoms with Crippen LogP contribution in [0.2, 0.25) is 0 Å². The Morgan fingerprint density at radius 2 is 1.76 bits per heavy atom. The molecule has 1 aliphatic carbocycles. The molecule has 1 heterocycles. The standard InChI is InChI=1S/C16H14F3NO/c1-10-9-13-14(3-2-4-15(13)21)20(10)12-7-5-11(6-8-12)16(17,18)19/h5-9H,2-4H2,1H3. The number of rotatable bonds is 1. The van der Waals surface area contributed by atoms with Crippen molar-refractivity contribution in [3.8, 4) is 5.69 Å². The first-order valence-corrected chi connectivity index (χ1v) is 6.80. The Kier molecular flexibility index (Phi) is 3.15. The predicted molar refractivity (Wildman–Crippen MR) is 72.8 cm³/mol. The number of ketones is 1. The maximum atomic E-state index is 12.6. The van der Waals surface area contributed by atoms with Crippen LogP contribution in [-0.2, 0) is 12.6 Å². The summed E-state index contributed by atoms with van der Waals surface area (Å²) < 4.78 is 39.7. The molecule has 0 amide bonds. The normalized spacial score (nSPS) is 15.1. The molecule has 0 bridgehead atoms. The van der Waals surface area contributed by atoms with Crippen LogP contribution in [0.4, 0.5) is 13.2 Å². The summed E-state index contributed by atoms with van der Waals surface area (Å²) in [6.07, 6.45) is -2.23. The Morgan fingerprint density at radius 1 is 1.10 bits per heavy atom. The number of halogens is 3. The monoisotopic (exact) mass is 293 g/mol. The molecule has 0 saturated heterocycles. The zero-order chi connectivity index (χ0) is 15.2. The molecule has 2 nitrogen and oxygen atoms in total. The predicted octanol–water partition coefficient (Wildman–Crippen LogP) is 4.32. The third-order valence-corrected chi connectivity index (χ3v) is 3.86. The van der Waals surface area contributed by atoms with Crippen LogP contribution >= 0.6 is 0 Å². The maximum Gasteiger partial charge on any atom is 0.416 e. The molecule has 5 heteroatoms. The van der Waals surface area contributed by atoms with Gasteiger partial charge in [-0.15, -0.1) is 0 Å². The van der Waals surface area contributed by atoms with Crippen molar-refractivity contribution in [1.29, 1.82) is 0 Å². The zero-order valence-electron chi connectivity index (χ0n) is 11.5. The van der Waals surface area contributed by atoms with Crippen LogP contribution in [0.5, 0.6) is 0 Å². The van der Waals surface area contributed by atoms with Gasteiger partial charge in [0.05, 0.1) is 5.56 Å². The molecule has 0 aliphatic heterocycles. The van der Waals surface area contributed by atoms with E-state index >= 15 is 0 Å².